The minimum Gasteiger partial charge on any atom is -0.462 e. The molecule has 2 heterocycles. The van der Waals surface area contributed by atoms with E-state index in [1.165, 1.54) is 10.9 Å². The van der Waals surface area contributed by atoms with Crippen LogP contribution in [0.25, 0.3) is 11.2 Å². The molecular formula is C13H19N5O6. The summed E-state index contributed by atoms with van der Waals surface area (Å²) in [6, 6.07) is 0. The summed E-state index contributed by atoms with van der Waals surface area (Å²) in [5.41, 5.74) is 5.57. The van der Waals surface area contributed by atoms with Crippen molar-refractivity contribution >= 4 is 23.1 Å². The predicted molar refractivity (Wildman–Crippen MR) is 82.2 cm³/mol. The molecule has 0 aliphatic rings. The number of carbonyl (C=O) groups is 1. The lowest BCUT2D eigenvalue weighted by atomic mass is 10.5. The van der Waals surface area contributed by atoms with Crippen LogP contribution in [0.1, 0.15) is 0 Å². The summed E-state index contributed by atoms with van der Waals surface area (Å²) in [6.07, 6.45) is 1.42. The molecule has 11 heteroatoms. The minimum atomic E-state index is -0.483. The van der Waals surface area contributed by atoms with Gasteiger partial charge in [-0.05, 0) is 0 Å². The summed E-state index contributed by atoms with van der Waals surface area (Å²) in [6.45, 7) is 0.939. The van der Waals surface area contributed by atoms with Gasteiger partial charge in [0, 0.05) is 7.11 Å². The van der Waals surface area contributed by atoms with Gasteiger partial charge in [0.1, 0.15) is 19.9 Å². The van der Waals surface area contributed by atoms with Crippen molar-refractivity contribution in [2.45, 2.75) is 6.73 Å². The summed E-state index contributed by atoms with van der Waals surface area (Å²) in [5.74, 6) is -0.486. The van der Waals surface area contributed by atoms with Gasteiger partial charge in [-0.2, -0.15) is 4.98 Å². The van der Waals surface area contributed by atoms with E-state index in [0.717, 1.165) is 0 Å². The highest BCUT2D eigenvalue weighted by Crippen LogP contribution is 2.06. The fourth-order valence-electron chi connectivity index (χ4n) is 1.78. The Hall–Kier alpha value is -2.50. The van der Waals surface area contributed by atoms with Gasteiger partial charge >= 0.3 is 5.97 Å². The smallest absolute Gasteiger partial charge is 0.332 e. The number of carbonyl (C=O) groups excluding carboxylic acids is 1. The number of anilines is 1. The highest BCUT2D eigenvalue weighted by Gasteiger charge is 2.09. The van der Waals surface area contributed by atoms with Crippen LogP contribution in [0.2, 0.25) is 0 Å². The number of imidazole rings is 1. The van der Waals surface area contributed by atoms with E-state index in [0.29, 0.717) is 18.9 Å². The number of fused-ring (bicyclic) bond motifs is 1. The first kappa shape index (κ1) is 17.8. The van der Waals surface area contributed by atoms with Gasteiger partial charge in [0.2, 0.25) is 5.95 Å². The van der Waals surface area contributed by atoms with Crippen molar-refractivity contribution in [3.63, 3.8) is 0 Å². The molecule has 0 bridgehead atoms. The molecule has 0 amide bonds. The summed E-state index contributed by atoms with van der Waals surface area (Å²) in [7, 11) is 1.54. The SMILES string of the molecule is COCCOCC(=O)OCCOCn1cnc2c(=O)[nH]c(N)nc21. The Bertz CT molecular complexity index is 727. The van der Waals surface area contributed by atoms with Gasteiger partial charge in [-0.3, -0.25) is 14.3 Å². The normalized spacial score (nSPS) is 11.0. The van der Waals surface area contributed by atoms with Crippen molar-refractivity contribution in [3.05, 3.63) is 16.7 Å². The zero-order chi connectivity index (χ0) is 17.4. The topological polar surface area (TPSA) is 144 Å². The first-order valence-corrected chi connectivity index (χ1v) is 7.12. The van der Waals surface area contributed by atoms with Crippen molar-refractivity contribution < 1.29 is 23.7 Å². The van der Waals surface area contributed by atoms with Gasteiger partial charge in [-0.25, -0.2) is 9.78 Å². The van der Waals surface area contributed by atoms with Crippen molar-refractivity contribution in [2.75, 3.05) is 45.9 Å². The van der Waals surface area contributed by atoms with Gasteiger partial charge in [0.15, 0.2) is 11.2 Å². The number of H-pyrrole nitrogens is 1. The number of nitrogen functional groups attached to an aromatic ring is 1. The molecule has 2 rings (SSSR count). The Morgan fingerprint density at radius 3 is 2.88 bits per heavy atom. The number of hydrogen-bond acceptors (Lipinski definition) is 9. The zero-order valence-electron chi connectivity index (χ0n) is 13.2. The van der Waals surface area contributed by atoms with Crippen molar-refractivity contribution in [1.29, 1.82) is 0 Å². The summed E-state index contributed by atoms with van der Waals surface area (Å²) < 4.78 is 21.6. The number of rotatable bonds is 10. The lowest BCUT2D eigenvalue weighted by Crippen LogP contribution is -2.18. The summed E-state index contributed by atoms with van der Waals surface area (Å²) >= 11 is 0. The van der Waals surface area contributed by atoms with E-state index in [1.54, 1.807) is 7.11 Å². The number of esters is 1. The molecule has 2 aromatic heterocycles. The molecule has 0 atom stereocenters. The van der Waals surface area contributed by atoms with Crippen LogP contribution in [0.5, 0.6) is 0 Å². The first-order valence-electron chi connectivity index (χ1n) is 7.12. The van der Waals surface area contributed by atoms with E-state index >= 15 is 0 Å². The molecule has 0 aliphatic heterocycles. The number of nitrogens with one attached hydrogen (secondary N) is 1. The second-order valence-electron chi connectivity index (χ2n) is 4.64. The molecule has 0 unspecified atom stereocenters. The lowest BCUT2D eigenvalue weighted by molar-refractivity contribution is -0.151. The fraction of sp³-hybridized carbons (Fsp3) is 0.538. The van der Waals surface area contributed by atoms with E-state index in [-0.39, 0.29) is 38.0 Å². The number of nitrogens with two attached hydrogens (primary N) is 1. The van der Waals surface area contributed by atoms with Crippen molar-refractivity contribution in [2.24, 2.45) is 0 Å². The fourth-order valence-corrected chi connectivity index (χ4v) is 1.78. The third kappa shape index (κ3) is 5.01. The van der Waals surface area contributed by atoms with Gasteiger partial charge < -0.3 is 24.7 Å². The molecule has 11 nitrogen and oxygen atoms in total. The molecule has 0 fully saturated rings. The number of aromatic amines is 1. The second kappa shape index (κ2) is 8.96. The van der Waals surface area contributed by atoms with E-state index < -0.39 is 11.5 Å². The number of hydrogen-bond donors (Lipinski definition) is 2. The lowest BCUT2D eigenvalue weighted by Gasteiger charge is -2.07. The van der Waals surface area contributed by atoms with Gasteiger partial charge in [0.25, 0.3) is 5.56 Å². The Kier molecular flexibility index (Phi) is 6.66. The molecule has 2 aromatic rings. The van der Waals surface area contributed by atoms with Gasteiger partial charge in [-0.15, -0.1) is 0 Å². The predicted octanol–water partition coefficient (Wildman–Crippen LogP) is -1.12. The van der Waals surface area contributed by atoms with Crippen LogP contribution in [0.15, 0.2) is 11.1 Å². The maximum Gasteiger partial charge on any atom is 0.332 e. The van der Waals surface area contributed by atoms with Crippen LogP contribution < -0.4 is 11.3 Å². The quantitative estimate of drug-likeness (QED) is 0.405. The van der Waals surface area contributed by atoms with E-state index in [1.807, 2.05) is 0 Å². The van der Waals surface area contributed by atoms with Crippen LogP contribution in [0.4, 0.5) is 5.95 Å². The highest BCUT2D eigenvalue weighted by molar-refractivity contribution is 5.71. The Labute approximate surface area is 136 Å². The molecule has 0 aliphatic carbocycles. The third-order valence-electron chi connectivity index (χ3n) is 2.87. The molecule has 0 aromatic carbocycles. The first-order chi connectivity index (χ1) is 11.6. The van der Waals surface area contributed by atoms with Crippen LogP contribution in [0, 0.1) is 0 Å². The Morgan fingerprint density at radius 2 is 2.08 bits per heavy atom. The van der Waals surface area contributed by atoms with Gasteiger partial charge in [-0.1, -0.05) is 0 Å². The molecule has 0 radical (unpaired) electrons. The largest absolute Gasteiger partial charge is 0.462 e. The number of nitrogens with zero attached hydrogens (tertiary/aromatic N) is 3. The average molecular weight is 341 g/mol. The average Bonchev–Trinajstić information content (AvgIpc) is 2.94. The maximum atomic E-state index is 11.6. The molecule has 0 saturated carbocycles. The third-order valence-corrected chi connectivity index (χ3v) is 2.87. The molecule has 3 N–H and O–H groups in total. The molecule has 0 spiro atoms. The number of aromatic nitrogens is 4. The standard InChI is InChI=1S/C13H19N5O6/c1-21-2-3-22-6-9(19)24-5-4-23-8-18-7-15-10-11(18)16-13(14)17-12(10)20/h7H,2-6,8H2,1H3,(H3,14,16,17,20). The van der Waals surface area contributed by atoms with Gasteiger partial charge in [0.05, 0.1) is 26.1 Å². The maximum absolute atomic E-state index is 11.6. The molecule has 0 saturated heterocycles. The van der Waals surface area contributed by atoms with Crippen molar-refractivity contribution in [3.8, 4) is 0 Å². The minimum absolute atomic E-state index is 0.00310. The van der Waals surface area contributed by atoms with Crippen molar-refractivity contribution in [1.82, 2.24) is 19.5 Å². The van der Waals surface area contributed by atoms with Crippen LogP contribution in [-0.2, 0) is 30.5 Å². The Morgan fingerprint density at radius 1 is 1.29 bits per heavy atom. The zero-order valence-corrected chi connectivity index (χ0v) is 13.2. The molecular weight excluding hydrogens is 322 g/mol. The molecule has 24 heavy (non-hydrogen) atoms. The second-order valence-corrected chi connectivity index (χ2v) is 4.64. The Balaban J connectivity index is 1.70. The van der Waals surface area contributed by atoms with E-state index in [2.05, 4.69) is 15.0 Å². The monoisotopic (exact) mass is 341 g/mol. The van der Waals surface area contributed by atoms with E-state index in [9.17, 15) is 9.59 Å². The highest BCUT2D eigenvalue weighted by atomic mass is 16.6. The molecule has 132 valence electrons. The van der Waals surface area contributed by atoms with Crippen LogP contribution in [-0.4, -0.2) is 65.6 Å². The summed E-state index contributed by atoms with van der Waals surface area (Å²) in [4.78, 5) is 33.3. The number of ether oxygens (including phenoxy) is 4. The summed E-state index contributed by atoms with van der Waals surface area (Å²) in [5, 5.41) is 0. The number of methoxy groups -OCH3 is 1. The van der Waals surface area contributed by atoms with Crippen LogP contribution >= 0.6 is 0 Å². The van der Waals surface area contributed by atoms with Crippen LogP contribution in [0.3, 0.4) is 0 Å². The van der Waals surface area contributed by atoms with E-state index in [4.69, 9.17) is 24.7 Å².